The molecule has 1 amide bonds. The molecule has 12 heteroatoms. The fraction of sp³-hybridized carbons (Fsp3) is 0.304. The van der Waals surface area contributed by atoms with Crippen molar-refractivity contribution in [2.75, 3.05) is 20.1 Å². The van der Waals surface area contributed by atoms with Crippen molar-refractivity contribution in [1.29, 1.82) is 5.53 Å². The van der Waals surface area contributed by atoms with Crippen molar-refractivity contribution in [3.63, 3.8) is 0 Å². The Hall–Kier alpha value is -4.16. The number of aromatic nitrogens is 2. The zero-order chi connectivity index (χ0) is 26.3. The third-order valence-electron chi connectivity index (χ3n) is 4.24. The van der Waals surface area contributed by atoms with Crippen LogP contribution >= 0.6 is 0 Å². The topological polar surface area (TPSA) is 193 Å². The molecule has 2 aromatic rings. The minimum atomic E-state index is -0.404. The molecule has 35 heavy (non-hydrogen) atoms. The molecule has 0 atom stereocenters. The summed E-state index contributed by atoms with van der Waals surface area (Å²) in [5, 5.41) is 9.13. The number of carbonyl (C=O) groups is 2. The Kier molecular flexibility index (Phi) is 18.0. The monoisotopic (exact) mass is 484 g/mol. The molecule has 0 spiro atoms. The van der Waals surface area contributed by atoms with Gasteiger partial charge in [-0.25, -0.2) is 5.84 Å². The standard InChI is InChI=1S/C21H29N9O.CH5N.CH2O/c22-20(21(31)27-16-19-9-2-4-12-26-19)17-29(24)13-5-6-14-30(28-23)15-7-10-18-8-1-3-11-25-18;2*1-2/h1-4,7-9,11-12,15,17,23H,5-6,10,13-14,16,22,24H2,(H,27,31);2H2,1H3;1H2/b15-7+,20-17-,28-23?;;. The highest BCUT2D eigenvalue weighted by Crippen LogP contribution is 2.02. The van der Waals surface area contributed by atoms with Gasteiger partial charge in [0, 0.05) is 50.0 Å². The van der Waals surface area contributed by atoms with E-state index >= 15 is 0 Å². The predicted octanol–water partition coefficient (Wildman–Crippen LogP) is 1.24. The fourth-order valence-corrected chi connectivity index (χ4v) is 2.62. The Morgan fingerprint density at radius 1 is 1.09 bits per heavy atom. The summed E-state index contributed by atoms with van der Waals surface area (Å²) >= 11 is 0. The van der Waals surface area contributed by atoms with Gasteiger partial charge in [-0.05, 0) is 44.2 Å². The van der Waals surface area contributed by atoms with E-state index < -0.39 is 5.91 Å². The second-order valence-corrected chi connectivity index (χ2v) is 6.71. The van der Waals surface area contributed by atoms with Crippen molar-refractivity contribution in [2.24, 2.45) is 22.5 Å². The molecular weight excluding hydrogens is 448 g/mol. The molecular formula is C23H36N10O2. The Morgan fingerprint density at radius 2 is 1.69 bits per heavy atom. The lowest BCUT2D eigenvalue weighted by molar-refractivity contribution is -0.117. The first-order valence-electron chi connectivity index (χ1n) is 10.8. The SMILES string of the molecule is C=O.CN.N=NN(/C=C/Cc1ccccn1)CCCCN(N)/C=C(\N)C(=O)NCc1ccccn1. The number of nitrogens with one attached hydrogen (secondary N) is 2. The van der Waals surface area contributed by atoms with Crippen LogP contribution in [0.1, 0.15) is 24.2 Å². The molecule has 0 unspecified atom stereocenters. The molecule has 0 bridgehead atoms. The number of pyridine rings is 2. The summed E-state index contributed by atoms with van der Waals surface area (Å²) in [6, 6.07) is 11.2. The molecule has 0 aliphatic carbocycles. The quantitative estimate of drug-likeness (QED) is 0.0914. The maximum atomic E-state index is 12.0. The number of nitrogens with zero attached hydrogens (tertiary/aromatic N) is 5. The van der Waals surface area contributed by atoms with Crippen LogP contribution in [0, 0.1) is 5.53 Å². The molecule has 2 heterocycles. The van der Waals surface area contributed by atoms with Crippen molar-refractivity contribution in [2.45, 2.75) is 25.8 Å². The molecule has 8 N–H and O–H groups in total. The van der Waals surface area contributed by atoms with Gasteiger partial charge in [0.15, 0.2) is 0 Å². The zero-order valence-electron chi connectivity index (χ0n) is 20.1. The zero-order valence-corrected chi connectivity index (χ0v) is 20.1. The van der Waals surface area contributed by atoms with Crippen LogP contribution in [0.3, 0.4) is 0 Å². The third kappa shape index (κ3) is 14.6. The Balaban J connectivity index is 0.00000274. The van der Waals surface area contributed by atoms with Crippen LogP contribution in [-0.2, 0) is 22.6 Å². The summed E-state index contributed by atoms with van der Waals surface area (Å²) in [6.45, 7) is 3.39. The van der Waals surface area contributed by atoms with Crippen molar-refractivity contribution in [3.8, 4) is 0 Å². The number of amides is 1. The van der Waals surface area contributed by atoms with Crippen LogP contribution in [0.25, 0.3) is 0 Å². The van der Waals surface area contributed by atoms with Crippen molar-refractivity contribution >= 4 is 12.7 Å². The molecule has 0 saturated carbocycles. The van der Waals surface area contributed by atoms with E-state index in [9.17, 15) is 4.79 Å². The van der Waals surface area contributed by atoms with Gasteiger partial charge < -0.3 is 26.6 Å². The normalized spacial score (nSPS) is 10.3. The van der Waals surface area contributed by atoms with Crippen LogP contribution in [0.2, 0.25) is 0 Å². The minimum Gasteiger partial charge on any atom is -0.393 e. The van der Waals surface area contributed by atoms with Crippen LogP contribution in [0.5, 0.6) is 0 Å². The molecule has 0 aromatic carbocycles. The molecule has 0 saturated heterocycles. The molecule has 12 nitrogen and oxygen atoms in total. The number of unbranched alkanes of at least 4 members (excludes halogenated alkanes) is 1. The van der Waals surface area contributed by atoms with Gasteiger partial charge in [-0.3, -0.25) is 19.8 Å². The first-order valence-corrected chi connectivity index (χ1v) is 10.8. The van der Waals surface area contributed by atoms with Crippen LogP contribution in [-0.4, -0.2) is 52.8 Å². The van der Waals surface area contributed by atoms with Gasteiger partial charge >= 0.3 is 0 Å². The van der Waals surface area contributed by atoms with Gasteiger partial charge in [0.2, 0.25) is 0 Å². The van der Waals surface area contributed by atoms with Gasteiger partial charge in [-0.15, -0.1) is 0 Å². The van der Waals surface area contributed by atoms with Gasteiger partial charge in [-0.1, -0.05) is 23.4 Å². The predicted molar refractivity (Wildman–Crippen MR) is 135 cm³/mol. The lowest BCUT2D eigenvalue weighted by atomic mass is 10.2. The van der Waals surface area contributed by atoms with Crippen molar-refractivity contribution in [3.05, 3.63) is 84.4 Å². The summed E-state index contributed by atoms with van der Waals surface area (Å²) in [4.78, 5) is 28.4. The van der Waals surface area contributed by atoms with E-state index in [0.717, 1.165) is 24.2 Å². The molecule has 0 aliphatic heterocycles. The smallest absolute Gasteiger partial charge is 0.269 e. The van der Waals surface area contributed by atoms with E-state index in [1.807, 2.05) is 49.3 Å². The minimum absolute atomic E-state index is 0.0265. The van der Waals surface area contributed by atoms with Crippen LogP contribution < -0.4 is 22.6 Å². The van der Waals surface area contributed by atoms with E-state index in [2.05, 4.69) is 26.2 Å². The number of hydrogen-bond donors (Lipinski definition) is 5. The number of nitrogens with two attached hydrogens (primary N) is 3. The highest BCUT2D eigenvalue weighted by atomic mass is 16.2. The molecule has 2 aromatic heterocycles. The van der Waals surface area contributed by atoms with E-state index in [1.165, 1.54) is 18.3 Å². The second-order valence-electron chi connectivity index (χ2n) is 6.71. The van der Waals surface area contributed by atoms with E-state index in [-0.39, 0.29) is 5.70 Å². The fourth-order valence-electron chi connectivity index (χ4n) is 2.62. The maximum absolute atomic E-state index is 12.0. The van der Waals surface area contributed by atoms with Gasteiger partial charge in [0.1, 0.15) is 12.5 Å². The van der Waals surface area contributed by atoms with Gasteiger partial charge in [0.05, 0.1) is 12.2 Å². The first kappa shape index (κ1) is 30.8. The number of carbonyl (C=O) groups excluding carboxylic acids is 2. The molecule has 2 rings (SSSR count). The summed E-state index contributed by atoms with van der Waals surface area (Å²) in [5.74, 6) is 5.50. The largest absolute Gasteiger partial charge is 0.393 e. The van der Waals surface area contributed by atoms with Gasteiger partial charge in [0.25, 0.3) is 5.91 Å². The summed E-state index contributed by atoms with van der Waals surface area (Å²) < 4.78 is 0. The van der Waals surface area contributed by atoms with Crippen molar-refractivity contribution < 1.29 is 9.59 Å². The number of hydrazine groups is 1. The lowest BCUT2D eigenvalue weighted by Gasteiger charge is -2.16. The molecule has 0 fully saturated rings. The maximum Gasteiger partial charge on any atom is 0.269 e. The average Bonchev–Trinajstić information content (AvgIpc) is 2.92. The summed E-state index contributed by atoms with van der Waals surface area (Å²) in [7, 11) is 1.50. The Morgan fingerprint density at radius 3 is 2.26 bits per heavy atom. The van der Waals surface area contributed by atoms with Gasteiger partial charge in [-0.2, -0.15) is 5.53 Å². The molecule has 190 valence electrons. The summed E-state index contributed by atoms with van der Waals surface area (Å²) in [5.41, 5.74) is 19.3. The second kappa shape index (κ2) is 20.4. The number of allylic oxidation sites excluding steroid dienone is 1. The van der Waals surface area contributed by atoms with Crippen molar-refractivity contribution in [1.82, 2.24) is 25.3 Å². The molecule has 0 radical (unpaired) electrons. The van der Waals surface area contributed by atoms with Crippen LogP contribution in [0.15, 0.2) is 78.2 Å². The van der Waals surface area contributed by atoms with E-state index in [1.54, 1.807) is 23.6 Å². The van der Waals surface area contributed by atoms with Crippen LogP contribution in [0.4, 0.5) is 0 Å². The highest BCUT2D eigenvalue weighted by molar-refractivity contribution is 5.92. The first-order chi connectivity index (χ1) is 17.1. The number of hydrogen-bond acceptors (Lipinski definition) is 10. The lowest BCUT2D eigenvalue weighted by Crippen LogP contribution is -2.33. The summed E-state index contributed by atoms with van der Waals surface area (Å²) in [6.07, 6.45) is 10.7. The Bertz CT molecular complexity index is 878. The Labute approximate surface area is 206 Å². The highest BCUT2D eigenvalue weighted by Gasteiger charge is 2.07. The van der Waals surface area contributed by atoms with E-state index in [0.29, 0.717) is 26.1 Å². The third-order valence-corrected chi connectivity index (χ3v) is 4.24. The number of rotatable bonds is 13. The molecule has 0 aliphatic rings. The average molecular weight is 485 g/mol. The van der Waals surface area contributed by atoms with E-state index in [4.69, 9.17) is 21.9 Å².